The van der Waals surface area contributed by atoms with E-state index in [0.717, 1.165) is 37.7 Å². The van der Waals surface area contributed by atoms with Crippen LogP contribution in [0.2, 0.25) is 0 Å². The Labute approximate surface area is 382 Å². The third-order valence-corrected chi connectivity index (χ3v) is 14.0. The predicted molar refractivity (Wildman–Crippen MR) is 259 cm³/mol. The summed E-state index contributed by atoms with van der Waals surface area (Å²) in [5.41, 5.74) is 8.35. The quantitative estimate of drug-likeness (QED) is 0.0177. The van der Waals surface area contributed by atoms with Crippen molar-refractivity contribution >= 4 is 36.6 Å². The Hall–Kier alpha value is -4.25. The number of benzene rings is 2. The Morgan fingerprint density at radius 1 is 0.781 bits per heavy atom. The van der Waals surface area contributed by atoms with E-state index in [0.29, 0.717) is 41.8 Å². The number of imidazole rings is 1. The van der Waals surface area contributed by atoms with Crippen molar-refractivity contribution in [2.75, 3.05) is 24.3 Å². The maximum absolute atomic E-state index is 14.7. The third kappa shape index (κ3) is 17.3. The smallest absolute Gasteiger partial charge is 0.459 e. The lowest BCUT2D eigenvalue weighted by atomic mass is 10.0. The van der Waals surface area contributed by atoms with Crippen molar-refractivity contribution in [3.05, 3.63) is 84.7 Å². The number of allylic oxidation sites excluding steroid dienone is 1. The van der Waals surface area contributed by atoms with Crippen molar-refractivity contribution in [1.29, 1.82) is 0 Å². The zero-order chi connectivity index (χ0) is 44.7. The van der Waals surface area contributed by atoms with Gasteiger partial charge in [0.05, 0.1) is 25.6 Å². The van der Waals surface area contributed by atoms with Gasteiger partial charge in [0.25, 0.3) is 0 Å². The van der Waals surface area contributed by atoms with Crippen molar-refractivity contribution < 1.29 is 23.1 Å². The number of ether oxygens (including phenoxy) is 1. The molecule has 0 radical (unpaired) electrons. The first-order chi connectivity index (χ1) is 31.4. The van der Waals surface area contributed by atoms with Crippen molar-refractivity contribution in [2.45, 2.75) is 179 Å². The van der Waals surface area contributed by atoms with Gasteiger partial charge in [0.15, 0.2) is 17.0 Å². The second kappa shape index (κ2) is 27.3. The van der Waals surface area contributed by atoms with Crippen LogP contribution in [0.25, 0.3) is 11.2 Å². The molecule has 4 unspecified atom stereocenters. The topological polar surface area (TPSA) is 156 Å². The van der Waals surface area contributed by atoms with Crippen molar-refractivity contribution in [2.24, 2.45) is 5.92 Å². The Morgan fingerprint density at radius 2 is 1.36 bits per heavy atom. The summed E-state index contributed by atoms with van der Waals surface area (Å²) in [5, 5.41) is 6.44. The van der Waals surface area contributed by atoms with Gasteiger partial charge in [0.2, 0.25) is 5.95 Å². The van der Waals surface area contributed by atoms with Gasteiger partial charge in [-0.1, -0.05) is 190 Å². The minimum Gasteiger partial charge on any atom is -0.465 e. The number of esters is 1. The van der Waals surface area contributed by atoms with Gasteiger partial charge >= 0.3 is 13.7 Å². The van der Waals surface area contributed by atoms with Crippen LogP contribution in [0.3, 0.4) is 0 Å². The first-order valence-corrected chi connectivity index (χ1v) is 26.4. The number of nitrogens with two attached hydrogens (primary N) is 1. The summed E-state index contributed by atoms with van der Waals surface area (Å²) >= 11 is 0. The second-order valence-corrected chi connectivity index (χ2v) is 19.8. The number of rotatable bonds is 34. The summed E-state index contributed by atoms with van der Waals surface area (Å²) in [6, 6.07) is 17.9. The summed E-state index contributed by atoms with van der Waals surface area (Å²) in [6.45, 7) is 2.68. The number of hydrogen-bond acceptors (Lipinski definition) is 10. The van der Waals surface area contributed by atoms with Crippen LogP contribution in [0.1, 0.15) is 166 Å². The fourth-order valence-electron chi connectivity index (χ4n) is 8.54. The lowest BCUT2D eigenvalue weighted by Crippen LogP contribution is -2.39. The summed E-state index contributed by atoms with van der Waals surface area (Å²) in [4.78, 5) is 27.3. The van der Waals surface area contributed by atoms with E-state index in [1.54, 1.807) is 30.6 Å². The van der Waals surface area contributed by atoms with Crippen LogP contribution in [-0.2, 0) is 25.0 Å². The van der Waals surface area contributed by atoms with Gasteiger partial charge in [-0.05, 0) is 49.8 Å². The number of hydrogen-bond donors (Lipinski definition) is 3. The fourth-order valence-corrected chi connectivity index (χ4v) is 10.1. The van der Waals surface area contributed by atoms with E-state index in [9.17, 15) is 9.36 Å². The molecule has 4 aromatic rings. The normalized spacial score (nSPS) is 17.4. The third-order valence-electron chi connectivity index (χ3n) is 12.4. The average molecular weight is 898 g/mol. The largest absolute Gasteiger partial charge is 0.465 e. The minimum atomic E-state index is -4.11. The second-order valence-electron chi connectivity index (χ2n) is 18.1. The molecule has 64 heavy (non-hydrogen) atoms. The zero-order valence-corrected chi connectivity index (χ0v) is 39.4. The Kier molecular flexibility index (Phi) is 21.0. The standard InChI is InChI=1S/C51H76N7O5P/c1-2-3-4-5-6-7-8-9-10-11-12-13-14-15-16-17-18-19-20-27-36-61-50(59)46(38-41-28-23-21-24-29-41)57-64(60,63-45-30-25-22-26-31-45)62-39-42-32-35-44(37-42)58-40-53-47-48(54-43-33-34-43)55-51(52)56-49(47)58/h21-26,28-32,35,40,42-44,46H,2-20,27,33-34,36-39H2,1H3,(H,57,60)(H3,52,54,55,56). The Bertz CT molecular complexity index is 2010. The van der Waals surface area contributed by atoms with Crippen LogP contribution >= 0.6 is 7.75 Å². The van der Waals surface area contributed by atoms with E-state index in [2.05, 4.69) is 38.4 Å². The molecule has 6 rings (SSSR count). The average Bonchev–Trinajstić information content (AvgIpc) is 3.81. The molecular formula is C51H76N7O5P. The molecule has 4 N–H and O–H groups in total. The molecule has 0 spiro atoms. The summed E-state index contributed by atoms with van der Waals surface area (Å²) in [6.07, 6.45) is 35.2. The van der Waals surface area contributed by atoms with Crippen molar-refractivity contribution in [1.82, 2.24) is 24.6 Å². The highest BCUT2D eigenvalue weighted by Crippen LogP contribution is 2.46. The van der Waals surface area contributed by atoms with E-state index in [4.69, 9.17) is 19.5 Å². The number of nitrogens with one attached hydrogen (secondary N) is 2. The molecule has 2 aliphatic carbocycles. The molecule has 2 aliphatic rings. The van der Waals surface area contributed by atoms with Gasteiger partial charge in [0.1, 0.15) is 11.8 Å². The highest BCUT2D eigenvalue weighted by Gasteiger charge is 2.36. The molecule has 13 heteroatoms. The molecule has 2 heterocycles. The number of para-hydroxylation sites is 1. The van der Waals surface area contributed by atoms with Crippen LogP contribution in [0.5, 0.6) is 5.75 Å². The highest BCUT2D eigenvalue weighted by molar-refractivity contribution is 7.52. The van der Waals surface area contributed by atoms with Gasteiger partial charge < -0.3 is 24.9 Å². The van der Waals surface area contributed by atoms with Gasteiger partial charge in [-0.25, -0.2) is 9.55 Å². The summed E-state index contributed by atoms with van der Waals surface area (Å²) in [5.74, 6) is 0.631. The number of aromatic nitrogens is 4. The lowest BCUT2D eigenvalue weighted by molar-refractivity contribution is -0.145. The first kappa shape index (κ1) is 49.2. The molecule has 4 atom stereocenters. The molecule has 12 nitrogen and oxygen atoms in total. The zero-order valence-electron chi connectivity index (χ0n) is 38.6. The lowest BCUT2D eigenvalue weighted by Gasteiger charge is -2.26. The molecule has 0 aliphatic heterocycles. The van der Waals surface area contributed by atoms with Gasteiger partial charge in [-0.15, -0.1) is 0 Å². The number of unbranched alkanes of at least 4 members (excludes halogenated alkanes) is 19. The first-order valence-electron chi connectivity index (χ1n) is 24.8. The Balaban J connectivity index is 0.923. The van der Waals surface area contributed by atoms with Crippen LogP contribution < -0.4 is 20.7 Å². The molecule has 1 saturated carbocycles. The van der Waals surface area contributed by atoms with Gasteiger partial charge in [0, 0.05) is 12.0 Å². The molecule has 1 fully saturated rings. The number of nitrogen functional groups attached to an aromatic ring is 1. The van der Waals surface area contributed by atoms with E-state index in [1.807, 2.05) is 47.0 Å². The minimum absolute atomic E-state index is 0.0706. The number of carbonyl (C=O) groups excluding carboxylic acids is 1. The number of anilines is 2. The van der Waals surface area contributed by atoms with E-state index in [-0.39, 0.29) is 30.9 Å². The van der Waals surface area contributed by atoms with Crippen molar-refractivity contribution in [3.8, 4) is 5.75 Å². The number of nitrogens with zero attached hydrogens (tertiary/aromatic N) is 4. The maximum atomic E-state index is 14.7. The summed E-state index contributed by atoms with van der Waals surface area (Å²) in [7, 11) is -4.11. The Morgan fingerprint density at radius 3 is 1.95 bits per heavy atom. The molecule has 2 aromatic carbocycles. The molecular weight excluding hydrogens is 822 g/mol. The maximum Gasteiger partial charge on any atom is 0.459 e. The van der Waals surface area contributed by atoms with E-state index < -0.39 is 19.8 Å². The van der Waals surface area contributed by atoms with Gasteiger partial charge in [-0.2, -0.15) is 15.1 Å². The fraction of sp³-hybridized carbons (Fsp3) is 0.608. The summed E-state index contributed by atoms with van der Waals surface area (Å²) < 4.78 is 34.9. The predicted octanol–water partition coefficient (Wildman–Crippen LogP) is 12.9. The van der Waals surface area contributed by atoms with Crippen LogP contribution in [-0.4, -0.2) is 50.8 Å². The molecule has 350 valence electrons. The van der Waals surface area contributed by atoms with Crippen molar-refractivity contribution in [3.63, 3.8) is 0 Å². The number of carbonyl (C=O) groups is 1. The SMILES string of the molecule is CCCCCCCCCCCCCCCCCCCCCCOC(=O)C(Cc1ccccc1)NP(=O)(OCC1C=CC(n2cnc3c(NC4CC4)nc(N)nc32)C1)Oc1ccccc1. The van der Waals surface area contributed by atoms with Crippen LogP contribution in [0.15, 0.2) is 79.1 Å². The molecule has 0 saturated heterocycles. The number of fused-ring (bicyclic) bond motifs is 1. The van der Waals surface area contributed by atoms with E-state index >= 15 is 0 Å². The molecule has 0 bridgehead atoms. The molecule has 0 amide bonds. The highest BCUT2D eigenvalue weighted by atomic mass is 31.2. The van der Waals surface area contributed by atoms with Gasteiger partial charge in [-0.3, -0.25) is 9.32 Å². The van der Waals surface area contributed by atoms with E-state index in [1.165, 1.54) is 109 Å². The van der Waals surface area contributed by atoms with Crippen LogP contribution in [0.4, 0.5) is 11.8 Å². The monoisotopic (exact) mass is 898 g/mol. The molecule has 2 aromatic heterocycles. The van der Waals surface area contributed by atoms with Crippen LogP contribution in [0, 0.1) is 5.92 Å².